The van der Waals surface area contributed by atoms with Crippen LogP contribution >= 0.6 is 0 Å². The van der Waals surface area contributed by atoms with Crippen molar-refractivity contribution in [2.75, 3.05) is 42.6 Å². The summed E-state index contributed by atoms with van der Waals surface area (Å²) >= 11 is 0. The summed E-state index contributed by atoms with van der Waals surface area (Å²) in [5.74, 6) is 1.92. The van der Waals surface area contributed by atoms with Crippen LogP contribution in [-0.2, 0) is 0 Å². The molecular formula is C23H30FN3O2. The Balaban J connectivity index is 1.31. The van der Waals surface area contributed by atoms with Crippen LogP contribution in [0.25, 0.3) is 0 Å². The van der Waals surface area contributed by atoms with E-state index >= 15 is 0 Å². The van der Waals surface area contributed by atoms with Crippen molar-refractivity contribution >= 4 is 11.4 Å². The molecule has 156 valence electrons. The number of rotatable bonds is 6. The number of benzene rings is 1. The Morgan fingerprint density at radius 2 is 1.86 bits per heavy atom. The Morgan fingerprint density at radius 1 is 1.07 bits per heavy atom. The van der Waals surface area contributed by atoms with Gasteiger partial charge in [0.25, 0.3) is 0 Å². The molecule has 2 saturated heterocycles. The molecular weight excluding hydrogens is 369 g/mol. The van der Waals surface area contributed by atoms with Crippen molar-refractivity contribution in [3.8, 4) is 11.6 Å². The summed E-state index contributed by atoms with van der Waals surface area (Å²) in [7, 11) is 0. The first-order chi connectivity index (χ1) is 14.1. The number of halogens is 1. The third-order valence-corrected chi connectivity index (χ3v) is 5.81. The number of nitrogens with zero attached hydrogens (tertiary/aromatic N) is 3. The normalized spacial score (nSPS) is 20.2. The minimum Gasteiger partial charge on any atom is -0.494 e. The van der Waals surface area contributed by atoms with E-state index in [2.05, 4.69) is 27.8 Å². The van der Waals surface area contributed by atoms with E-state index in [1.54, 1.807) is 12.1 Å². The summed E-state index contributed by atoms with van der Waals surface area (Å²) in [6.07, 6.45) is 4.94. The van der Waals surface area contributed by atoms with Crippen molar-refractivity contribution < 1.29 is 13.9 Å². The lowest BCUT2D eigenvalue weighted by Crippen LogP contribution is -2.38. The Labute approximate surface area is 172 Å². The van der Waals surface area contributed by atoms with Gasteiger partial charge in [-0.1, -0.05) is 6.92 Å². The van der Waals surface area contributed by atoms with Crippen LogP contribution < -0.4 is 19.3 Å². The lowest BCUT2D eigenvalue weighted by molar-refractivity contribution is 0.164. The molecule has 0 spiro atoms. The summed E-state index contributed by atoms with van der Waals surface area (Å²) < 4.78 is 25.9. The standard InChI is InChI=1S/C23H30FN3O2/c1-3-28-20-5-6-21(24)22(14-20)26-12-9-19(10-13-26)29-23-7-4-18(15-25-23)27-11-8-17(2)16-27/h4-7,14-15,17,19H,3,8-13,16H2,1-2H3. The van der Waals surface area contributed by atoms with Crippen LogP contribution in [0, 0.1) is 11.7 Å². The first kappa shape index (κ1) is 19.8. The summed E-state index contributed by atoms with van der Waals surface area (Å²) in [5.41, 5.74) is 1.78. The van der Waals surface area contributed by atoms with Crippen LogP contribution in [0.15, 0.2) is 36.5 Å². The smallest absolute Gasteiger partial charge is 0.213 e. The van der Waals surface area contributed by atoms with E-state index in [1.165, 1.54) is 18.2 Å². The number of pyridine rings is 1. The van der Waals surface area contributed by atoms with Gasteiger partial charge >= 0.3 is 0 Å². The van der Waals surface area contributed by atoms with Crippen molar-refractivity contribution in [3.63, 3.8) is 0 Å². The maximum atomic E-state index is 14.3. The molecule has 0 saturated carbocycles. The van der Waals surface area contributed by atoms with Crippen molar-refractivity contribution in [3.05, 3.63) is 42.3 Å². The third kappa shape index (κ3) is 4.74. The van der Waals surface area contributed by atoms with E-state index in [1.807, 2.05) is 19.2 Å². The Hall–Kier alpha value is -2.50. The van der Waals surface area contributed by atoms with Gasteiger partial charge in [-0.2, -0.15) is 0 Å². The van der Waals surface area contributed by atoms with E-state index < -0.39 is 0 Å². The van der Waals surface area contributed by atoms with Crippen LogP contribution in [0.1, 0.15) is 33.1 Å². The SMILES string of the molecule is CCOc1ccc(F)c(N2CCC(Oc3ccc(N4CCC(C)C4)cn3)CC2)c1. The molecule has 1 atom stereocenters. The van der Waals surface area contributed by atoms with Gasteiger partial charge < -0.3 is 19.3 Å². The van der Waals surface area contributed by atoms with Crippen molar-refractivity contribution in [1.82, 2.24) is 4.98 Å². The van der Waals surface area contributed by atoms with Crippen LogP contribution in [0.4, 0.5) is 15.8 Å². The van der Waals surface area contributed by atoms with Gasteiger partial charge in [-0.25, -0.2) is 9.37 Å². The van der Waals surface area contributed by atoms with E-state index in [-0.39, 0.29) is 11.9 Å². The highest BCUT2D eigenvalue weighted by molar-refractivity contribution is 5.52. The Kier molecular flexibility index (Phi) is 6.07. The van der Waals surface area contributed by atoms with E-state index in [0.29, 0.717) is 23.9 Å². The second-order valence-electron chi connectivity index (χ2n) is 8.04. The predicted octanol–water partition coefficient (Wildman–Crippen LogP) is 4.51. The summed E-state index contributed by atoms with van der Waals surface area (Å²) in [5, 5.41) is 0. The van der Waals surface area contributed by atoms with Gasteiger partial charge in [-0.3, -0.25) is 0 Å². The number of anilines is 2. The summed E-state index contributed by atoms with van der Waals surface area (Å²) in [6, 6.07) is 9.02. The molecule has 1 aromatic heterocycles. The molecule has 0 N–H and O–H groups in total. The average Bonchev–Trinajstić information content (AvgIpc) is 3.17. The molecule has 4 rings (SSSR count). The molecule has 2 aliphatic heterocycles. The van der Waals surface area contributed by atoms with Gasteiger partial charge in [-0.15, -0.1) is 0 Å². The topological polar surface area (TPSA) is 37.8 Å². The van der Waals surface area contributed by atoms with Crippen molar-refractivity contribution in [1.29, 1.82) is 0 Å². The maximum absolute atomic E-state index is 14.3. The molecule has 0 amide bonds. The molecule has 2 aliphatic rings. The number of hydrogen-bond acceptors (Lipinski definition) is 5. The molecule has 1 unspecified atom stereocenters. The molecule has 2 fully saturated rings. The molecule has 2 aromatic rings. The number of ether oxygens (including phenoxy) is 2. The fourth-order valence-corrected chi connectivity index (χ4v) is 4.18. The van der Waals surface area contributed by atoms with E-state index in [9.17, 15) is 4.39 Å². The van der Waals surface area contributed by atoms with Crippen LogP contribution in [0.2, 0.25) is 0 Å². The van der Waals surface area contributed by atoms with Crippen LogP contribution in [0.5, 0.6) is 11.6 Å². The molecule has 0 aliphatic carbocycles. The minimum atomic E-state index is -0.207. The zero-order chi connectivity index (χ0) is 20.2. The monoisotopic (exact) mass is 399 g/mol. The molecule has 0 bridgehead atoms. The van der Waals surface area contributed by atoms with E-state index in [0.717, 1.165) is 44.9 Å². The van der Waals surface area contributed by atoms with Crippen LogP contribution in [0.3, 0.4) is 0 Å². The number of piperidine rings is 1. The third-order valence-electron chi connectivity index (χ3n) is 5.81. The second-order valence-corrected chi connectivity index (χ2v) is 8.04. The van der Waals surface area contributed by atoms with Gasteiger partial charge in [0.15, 0.2) is 0 Å². The van der Waals surface area contributed by atoms with E-state index in [4.69, 9.17) is 9.47 Å². The predicted molar refractivity (Wildman–Crippen MR) is 114 cm³/mol. The largest absolute Gasteiger partial charge is 0.494 e. The van der Waals surface area contributed by atoms with Crippen LogP contribution in [-0.4, -0.2) is 43.9 Å². The first-order valence-corrected chi connectivity index (χ1v) is 10.7. The molecule has 3 heterocycles. The maximum Gasteiger partial charge on any atom is 0.213 e. The van der Waals surface area contributed by atoms with Gasteiger partial charge in [0.2, 0.25) is 5.88 Å². The molecule has 29 heavy (non-hydrogen) atoms. The van der Waals surface area contributed by atoms with Gasteiger partial charge in [0.05, 0.1) is 24.2 Å². The second kappa shape index (κ2) is 8.89. The Bertz CT molecular complexity index is 806. The first-order valence-electron chi connectivity index (χ1n) is 10.7. The quantitative estimate of drug-likeness (QED) is 0.714. The highest BCUT2D eigenvalue weighted by Gasteiger charge is 2.24. The fourth-order valence-electron chi connectivity index (χ4n) is 4.18. The van der Waals surface area contributed by atoms with Gasteiger partial charge in [0, 0.05) is 51.2 Å². The average molecular weight is 400 g/mol. The molecule has 0 radical (unpaired) electrons. The Morgan fingerprint density at radius 3 is 2.52 bits per heavy atom. The summed E-state index contributed by atoms with van der Waals surface area (Å²) in [6.45, 7) is 8.49. The van der Waals surface area contributed by atoms with Gasteiger partial charge in [-0.05, 0) is 37.5 Å². The fraction of sp³-hybridized carbons (Fsp3) is 0.522. The zero-order valence-electron chi connectivity index (χ0n) is 17.3. The lowest BCUT2D eigenvalue weighted by Gasteiger charge is -2.33. The molecule has 5 nitrogen and oxygen atoms in total. The number of hydrogen-bond donors (Lipinski definition) is 0. The summed E-state index contributed by atoms with van der Waals surface area (Å²) in [4.78, 5) is 8.96. The molecule has 6 heteroatoms. The van der Waals surface area contributed by atoms with Gasteiger partial charge in [0.1, 0.15) is 17.7 Å². The highest BCUT2D eigenvalue weighted by Crippen LogP contribution is 2.29. The van der Waals surface area contributed by atoms with Crippen molar-refractivity contribution in [2.24, 2.45) is 5.92 Å². The van der Waals surface area contributed by atoms with Crippen molar-refractivity contribution in [2.45, 2.75) is 39.2 Å². The minimum absolute atomic E-state index is 0.106. The lowest BCUT2D eigenvalue weighted by atomic mass is 10.1. The highest BCUT2D eigenvalue weighted by atomic mass is 19.1. The zero-order valence-corrected chi connectivity index (χ0v) is 17.3. The number of aromatic nitrogens is 1. The molecule has 1 aromatic carbocycles.